The number of carbonyl (C=O) groups is 1. The lowest BCUT2D eigenvalue weighted by molar-refractivity contribution is 0.192. The number of urea groups is 1. The van der Waals surface area contributed by atoms with E-state index in [1.807, 2.05) is 4.90 Å². The molecule has 144 valence electrons. The molecule has 0 radical (unpaired) electrons. The van der Waals surface area contributed by atoms with Gasteiger partial charge in [-0.05, 0) is 57.0 Å². The average molecular weight is 367 g/mol. The summed E-state index contributed by atoms with van der Waals surface area (Å²) in [6.07, 6.45) is 4.54. The highest BCUT2D eigenvalue weighted by Gasteiger charge is 2.30. The topological polar surface area (TPSA) is 64.3 Å². The van der Waals surface area contributed by atoms with Crippen molar-refractivity contribution in [2.45, 2.75) is 50.7 Å². The number of likely N-dealkylation sites (tertiary alicyclic amines) is 1. The molecule has 1 saturated heterocycles. The van der Waals surface area contributed by atoms with Gasteiger partial charge in [-0.2, -0.15) is 5.10 Å². The van der Waals surface area contributed by atoms with Crippen LogP contribution in [0.5, 0.6) is 0 Å². The standard InChI is InChI=1S/C21H29N5O/c1-25(2)14-15-5-7-17(8-6-15)20-4-3-11-26(20)21(27)22-13-18-12-19(24-23-18)16-9-10-16/h5-8,12,16,20H,3-4,9-11,13-14H2,1-2H3,(H,22,27)(H,23,24)/t20-/m0/s1. The molecular weight excluding hydrogens is 338 g/mol. The lowest BCUT2D eigenvalue weighted by Crippen LogP contribution is -2.39. The Morgan fingerprint density at radius 2 is 2.04 bits per heavy atom. The molecule has 1 saturated carbocycles. The minimum atomic E-state index is 0.0115. The zero-order chi connectivity index (χ0) is 18.8. The highest BCUT2D eigenvalue weighted by atomic mass is 16.2. The van der Waals surface area contributed by atoms with Crippen LogP contribution in [0, 0.1) is 0 Å². The molecule has 0 unspecified atom stereocenters. The van der Waals surface area contributed by atoms with E-state index in [0.29, 0.717) is 12.5 Å². The van der Waals surface area contributed by atoms with E-state index in [4.69, 9.17) is 0 Å². The lowest BCUT2D eigenvalue weighted by Gasteiger charge is -2.25. The quantitative estimate of drug-likeness (QED) is 0.822. The summed E-state index contributed by atoms with van der Waals surface area (Å²) in [5.74, 6) is 0.629. The first kappa shape index (κ1) is 18.0. The number of aromatic nitrogens is 2. The molecule has 0 spiro atoms. The zero-order valence-corrected chi connectivity index (χ0v) is 16.2. The normalized spacial score (nSPS) is 19.7. The minimum Gasteiger partial charge on any atom is -0.332 e. The van der Waals surface area contributed by atoms with E-state index in [1.54, 1.807) is 0 Å². The third-order valence-corrected chi connectivity index (χ3v) is 5.45. The Morgan fingerprint density at radius 1 is 1.26 bits per heavy atom. The molecule has 0 bridgehead atoms. The van der Waals surface area contributed by atoms with Crippen LogP contribution in [-0.2, 0) is 13.1 Å². The smallest absolute Gasteiger partial charge is 0.318 e. The van der Waals surface area contributed by atoms with Crippen LogP contribution in [0.25, 0.3) is 0 Å². The summed E-state index contributed by atoms with van der Waals surface area (Å²) in [6, 6.07) is 11.0. The van der Waals surface area contributed by atoms with Crippen molar-refractivity contribution in [3.05, 3.63) is 52.8 Å². The molecule has 1 aromatic carbocycles. The maximum atomic E-state index is 12.7. The Kier molecular flexibility index (Phi) is 5.16. The van der Waals surface area contributed by atoms with Crippen molar-refractivity contribution in [1.29, 1.82) is 0 Å². The largest absolute Gasteiger partial charge is 0.332 e. The van der Waals surface area contributed by atoms with Crippen molar-refractivity contribution in [1.82, 2.24) is 25.3 Å². The second kappa shape index (κ2) is 7.72. The average Bonchev–Trinajstić information content (AvgIpc) is 3.19. The highest BCUT2D eigenvalue weighted by molar-refractivity contribution is 5.75. The number of benzene rings is 1. The van der Waals surface area contributed by atoms with Crippen molar-refractivity contribution in [2.75, 3.05) is 20.6 Å². The number of nitrogens with one attached hydrogen (secondary N) is 2. The molecule has 2 amide bonds. The number of hydrogen-bond donors (Lipinski definition) is 2. The Balaban J connectivity index is 1.35. The number of carbonyl (C=O) groups excluding carboxylic acids is 1. The molecule has 2 heterocycles. The summed E-state index contributed by atoms with van der Waals surface area (Å²) in [6.45, 7) is 2.25. The summed E-state index contributed by atoms with van der Waals surface area (Å²) < 4.78 is 0. The first-order chi connectivity index (χ1) is 13.1. The van der Waals surface area contributed by atoms with Crippen molar-refractivity contribution in [2.24, 2.45) is 0 Å². The summed E-state index contributed by atoms with van der Waals surface area (Å²) in [5.41, 5.74) is 4.64. The summed E-state index contributed by atoms with van der Waals surface area (Å²) in [4.78, 5) is 16.9. The molecule has 2 aromatic rings. The summed E-state index contributed by atoms with van der Waals surface area (Å²) >= 11 is 0. The number of nitrogens with zero attached hydrogens (tertiary/aromatic N) is 3. The first-order valence-corrected chi connectivity index (χ1v) is 9.92. The van der Waals surface area contributed by atoms with Gasteiger partial charge in [0.15, 0.2) is 0 Å². The molecule has 1 atom stereocenters. The lowest BCUT2D eigenvalue weighted by atomic mass is 10.0. The Bertz CT molecular complexity index is 778. The Hall–Kier alpha value is -2.34. The molecular formula is C21H29N5O. The predicted octanol–water partition coefficient (Wildman–Crippen LogP) is 3.40. The van der Waals surface area contributed by atoms with Crippen LogP contribution in [-0.4, -0.2) is 46.7 Å². The fourth-order valence-electron chi connectivity index (χ4n) is 3.90. The van der Waals surface area contributed by atoms with Gasteiger partial charge < -0.3 is 15.1 Å². The van der Waals surface area contributed by atoms with Gasteiger partial charge >= 0.3 is 6.03 Å². The first-order valence-electron chi connectivity index (χ1n) is 9.92. The van der Waals surface area contributed by atoms with E-state index in [9.17, 15) is 4.79 Å². The van der Waals surface area contributed by atoms with E-state index in [2.05, 4.69) is 64.8 Å². The molecule has 6 nitrogen and oxygen atoms in total. The molecule has 2 aliphatic rings. The highest BCUT2D eigenvalue weighted by Crippen LogP contribution is 2.39. The number of hydrogen-bond acceptors (Lipinski definition) is 3. The van der Waals surface area contributed by atoms with Gasteiger partial charge in [-0.15, -0.1) is 0 Å². The van der Waals surface area contributed by atoms with Gasteiger partial charge in [0, 0.05) is 19.0 Å². The number of rotatable bonds is 6. The second-order valence-corrected chi connectivity index (χ2v) is 8.08. The molecule has 4 rings (SSSR count). The number of H-pyrrole nitrogens is 1. The maximum absolute atomic E-state index is 12.7. The molecule has 27 heavy (non-hydrogen) atoms. The van der Waals surface area contributed by atoms with Gasteiger partial charge in [-0.1, -0.05) is 24.3 Å². The van der Waals surface area contributed by atoms with E-state index in [0.717, 1.165) is 37.3 Å². The van der Waals surface area contributed by atoms with E-state index in [1.165, 1.54) is 24.0 Å². The third kappa shape index (κ3) is 4.33. The SMILES string of the molecule is CN(C)Cc1ccc([C@@H]2CCCN2C(=O)NCc2cc(C3CC3)n[nH]2)cc1. The van der Waals surface area contributed by atoms with Crippen LogP contribution in [0.4, 0.5) is 4.79 Å². The van der Waals surface area contributed by atoms with Crippen LogP contribution in [0.1, 0.15) is 60.2 Å². The predicted molar refractivity (Wildman–Crippen MR) is 105 cm³/mol. The number of aromatic amines is 1. The van der Waals surface area contributed by atoms with Crippen LogP contribution >= 0.6 is 0 Å². The van der Waals surface area contributed by atoms with E-state index < -0.39 is 0 Å². The minimum absolute atomic E-state index is 0.0115. The van der Waals surface area contributed by atoms with Crippen LogP contribution < -0.4 is 5.32 Å². The van der Waals surface area contributed by atoms with Gasteiger partial charge in [-0.3, -0.25) is 5.10 Å². The van der Waals surface area contributed by atoms with Crippen molar-refractivity contribution in [3.63, 3.8) is 0 Å². The molecule has 1 aromatic heterocycles. The second-order valence-electron chi connectivity index (χ2n) is 8.08. The van der Waals surface area contributed by atoms with Gasteiger partial charge in [0.25, 0.3) is 0 Å². The molecule has 1 aliphatic heterocycles. The van der Waals surface area contributed by atoms with Crippen LogP contribution in [0.15, 0.2) is 30.3 Å². The van der Waals surface area contributed by atoms with Crippen LogP contribution in [0.3, 0.4) is 0 Å². The molecule has 2 fully saturated rings. The van der Waals surface area contributed by atoms with Gasteiger partial charge in [-0.25, -0.2) is 4.79 Å². The molecule has 2 N–H and O–H groups in total. The van der Waals surface area contributed by atoms with Crippen molar-refractivity contribution < 1.29 is 4.79 Å². The third-order valence-electron chi connectivity index (χ3n) is 5.45. The number of amides is 2. The van der Waals surface area contributed by atoms with Crippen LogP contribution in [0.2, 0.25) is 0 Å². The Morgan fingerprint density at radius 3 is 2.74 bits per heavy atom. The summed E-state index contributed by atoms with van der Waals surface area (Å²) in [7, 11) is 4.15. The van der Waals surface area contributed by atoms with Crippen molar-refractivity contribution in [3.8, 4) is 0 Å². The van der Waals surface area contributed by atoms with Gasteiger partial charge in [0.1, 0.15) is 0 Å². The fourth-order valence-corrected chi connectivity index (χ4v) is 3.90. The molecule has 6 heteroatoms. The van der Waals surface area contributed by atoms with Gasteiger partial charge in [0.05, 0.1) is 24.0 Å². The van der Waals surface area contributed by atoms with Crippen molar-refractivity contribution >= 4 is 6.03 Å². The fraction of sp³-hybridized carbons (Fsp3) is 0.524. The maximum Gasteiger partial charge on any atom is 0.318 e. The molecule has 1 aliphatic carbocycles. The van der Waals surface area contributed by atoms with E-state index in [-0.39, 0.29) is 12.1 Å². The van der Waals surface area contributed by atoms with E-state index >= 15 is 0 Å². The summed E-state index contributed by atoms with van der Waals surface area (Å²) in [5, 5.41) is 10.5. The van der Waals surface area contributed by atoms with Gasteiger partial charge in [0.2, 0.25) is 0 Å². The zero-order valence-electron chi connectivity index (χ0n) is 16.2. The Labute approximate surface area is 160 Å². The monoisotopic (exact) mass is 367 g/mol.